The Hall–Kier alpha value is -1.74. The Balaban J connectivity index is 2.58. The zero-order chi connectivity index (χ0) is 10.8. The maximum atomic E-state index is 10.9. The number of nitrogens with two attached hydrogens (primary N) is 1. The molecule has 1 aromatic heterocycles. The highest BCUT2D eigenvalue weighted by Crippen LogP contribution is 2.27. The van der Waals surface area contributed by atoms with Gasteiger partial charge in [-0.2, -0.15) is 0 Å². The Kier molecular flexibility index (Phi) is 2.47. The van der Waals surface area contributed by atoms with Gasteiger partial charge in [0.15, 0.2) is 0 Å². The molecule has 0 aliphatic rings. The fourth-order valence-corrected chi connectivity index (χ4v) is 1.53. The number of nitrogen functional groups attached to an aromatic ring is 1. The van der Waals surface area contributed by atoms with E-state index in [1.165, 1.54) is 6.07 Å². The molecule has 0 aliphatic carbocycles. The number of aromatic amines is 1. The lowest BCUT2D eigenvalue weighted by Gasteiger charge is -2.05. The summed E-state index contributed by atoms with van der Waals surface area (Å²) in [5.41, 5.74) is 7.96. The highest BCUT2D eigenvalue weighted by atomic mass is 35.5. The standard InChI is InChI=1S/C11H9ClN2O/c12-8-2-3-10(13)9(5-8)7-1-4-11(15)14-6-7/h1-6H,13H2,(H,14,15). The predicted molar refractivity (Wildman–Crippen MR) is 61.9 cm³/mol. The molecule has 0 bridgehead atoms. The minimum absolute atomic E-state index is 0.139. The van der Waals surface area contributed by atoms with Crippen LogP contribution in [-0.2, 0) is 0 Å². The first-order valence-electron chi connectivity index (χ1n) is 4.41. The van der Waals surface area contributed by atoms with Gasteiger partial charge < -0.3 is 10.7 Å². The van der Waals surface area contributed by atoms with Gasteiger partial charge in [-0.15, -0.1) is 0 Å². The largest absolute Gasteiger partial charge is 0.398 e. The van der Waals surface area contributed by atoms with E-state index >= 15 is 0 Å². The lowest BCUT2D eigenvalue weighted by Crippen LogP contribution is -2.02. The number of rotatable bonds is 1. The number of pyridine rings is 1. The fraction of sp³-hybridized carbons (Fsp3) is 0. The molecular formula is C11H9ClN2O. The third-order valence-electron chi connectivity index (χ3n) is 2.11. The molecule has 76 valence electrons. The van der Waals surface area contributed by atoms with Crippen molar-refractivity contribution in [2.75, 3.05) is 5.73 Å². The first-order valence-corrected chi connectivity index (χ1v) is 4.79. The van der Waals surface area contributed by atoms with Crippen LogP contribution in [0.15, 0.2) is 41.3 Å². The minimum Gasteiger partial charge on any atom is -0.398 e. The number of anilines is 1. The van der Waals surface area contributed by atoms with Crippen LogP contribution < -0.4 is 11.3 Å². The molecule has 0 radical (unpaired) electrons. The minimum atomic E-state index is -0.139. The van der Waals surface area contributed by atoms with Crippen LogP contribution in [0.5, 0.6) is 0 Å². The molecule has 3 N–H and O–H groups in total. The maximum Gasteiger partial charge on any atom is 0.247 e. The Morgan fingerprint density at radius 3 is 2.67 bits per heavy atom. The molecule has 1 aromatic carbocycles. The van der Waals surface area contributed by atoms with Crippen LogP contribution in [0.2, 0.25) is 5.02 Å². The Morgan fingerprint density at radius 1 is 1.20 bits per heavy atom. The average molecular weight is 221 g/mol. The van der Waals surface area contributed by atoms with Gasteiger partial charge in [0.2, 0.25) is 5.56 Å². The van der Waals surface area contributed by atoms with E-state index in [1.54, 1.807) is 30.5 Å². The molecule has 0 amide bonds. The van der Waals surface area contributed by atoms with E-state index in [0.717, 1.165) is 11.1 Å². The molecule has 0 unspecified atom stereocenters. The van der Waals surface area contributed by atoms with Gasteiger partial charge in [-0.25, -0.2) is 0 Å². The summed E-state index contributed by atoms with van der Waals surface area (Å²) in [6.45, 7) is 0. The molecule has 0 atom stereocenters. The quantitative estimate of drug-likeness (QED) is 0.725. The molecule has 15 heavy (non-hydrogen) atoms. The zero-order valence-corrected chi connectivity index (χ0v) is 8.58. The highest BCUT2D eigenvalue weighted by molar-refractivity contribution is 6.31. The smallest absolute Gasteiger partial charge is 0.247 e. The summed E-state index contributed by atoms with van der Waals surface area (Å²) in [7, 11) is 0. The summed E-state index contributed by atoms with van der Waals surface area (Å²) >= 11 is 5.87. The van der Waals surface area contributed by atoms with E-state index in [4.69, 9.17) is 17.3 Å². The second kappa shape index (κ2) is 3.79. The van der Waals surface area contributed by atoms with Gasteiger partial charge in [0.25, 0.3) is 0 Å². The molecule has 0 aliphatic heterocycles. The molecule has 1 heterocycles. The highest BCUT2D eigenvalue weighted by Gasteiger charge is 2.03. The number of halogens is 1. The molecule has 2 aromatic rings. The van der Waals surface area contributed by atoms with E-state index < -0.39 is 0 Å². The van der Waals surface area contributed by atoms with Gasteiger partial charge in [0, 0.05) is 34.1 Å². The van der Waals surface area contributed by atoms with Crippen molar-refractivity contribution in [1.82, 2.24) is 4.98 Å². The predicted octanol–water partition coefficient (Wildman–Crippen LogP) is 2.28. The van der Waals surface area contributed by atoms with Crippen LogP contribution in [0.3, 0.4) is 0 Å². The van der Waals surface area contributed by atoms with Crippen LogP contribution in [0.25, 0.3) is 11.1 Å². The van der Waals surface area contributed by atoms with Crippen molar-refractivity contribution in [1.29, 1.82) is 0 Å². The maximum absolute atomic E-state index is 10.9. The number of hydrogen-bond donors (Lipinski definition) is 2. The van der Waals surface area contributed by atoms with E-state index in [2.05, 4.69) is 4.98 Å². The molecule has 3 nitrogen and oxygen atoms in total. The lowest BCUT2D eigenvalue weighted by atomic mass is 10.1. The third kappa shape index (κ3) is 2.02. The van der Waals surface area contributed by atoms with E-state index in [1.807, 2.05) is 0 Å². The van der Waals surface area contributed by atoms with Gasteiger partial charge in [-0.3, -0.25) is 4.79 Å². The van der Waals surface area contributed by atoms with E-state index in [9.17, 15) is 4.79 Å². The van der Waals surface area contributed by atoms with Gasteiger partial charge in [-0.05, 0) is 24.3 Å². The summed E-state index contributed by atoms with van der Waals surface area (Å²) in [6, 6.07) is 8.40. The van der Waals surface area contributed by atoms with Crippen LogP contribution >= 0.6 is 11.6 Å². The second-order valence-corrected chi connectivity index (χ2v) is 3.61. The van der Waals surface area contributed by atoms with Crippen molar-refractivity contribution in [3.05, 3.63) is 51.9 Å². The molecule has 0 fully saturated rings. The fourth-order valence-electron chi connectivity index (χ4n) is 1.36. The SMILES string of the molecule is Nc1ccc(Cl)cc1-c1ccc(=O)[nH]c1. The number of nitrogens with one attached hydrogen (secondary N) is 1. The van der Waals surface area contributed by atoms with Crippen molar-refractivity contribution in [3.63, 3.8) is 0 Å². The first kappa shape index (κ1) is 9.80. The zero-order valence-electron chi connectivity index (χ0n) is 7.83. The summed E-state index contributed by atoms with van der Waals surface area (Å²) in [6.07, 6.45) is 1.62. The average Bonchev–Trinajstić information content (AvgIpc) is 2.23. The number of H-pyrrole nitrogens is 1. The van der Waals surface area contributed by atoms with Gasteiger partial charge in [-0.1, -0.05) is 11.6 Å². The topological polar surface area (TPSA) is 58.9 Å². The first-order chi connectivity index (χ1) is 7.16. The number of benzene rings is 1. The molecule has 0 spiro atoms. The van der Waals surface area contributed by atoms with Crippen molar-refractivity contribution in [2.24, 2.45) is 0 Å². The van der Waals surface area contributed by atoms with Crippen LogP contribution in [0, 0.1) is 0 Å². The number of aromatic nitrogens is 1. The van der Waals surface area contributed by atoms with E-state index in [-0.39, 0.29) is 5.56 Å². The summed E-state index contributed by atoms with van der Waals surface area (Å²) < 4.78 is 0. The molecule has 0 saturated heterocycles. The van der Waals surface area contributed by atoms with Crippen molar-refractivity contribution in [2.45, 2.75) is 0 Å². The molecule has 0 saturated carbocycles. The van der Waals surface area contributed by atoms with Crippen LogP contribution in [-0.4, -0.2) is 4.98 Å². The Labute approximate surface area is 91.5 Å². The Morgan fingerprint density at radius 2 is 2.00 bits per heavy atom. The third-order valence-corrected chi connectivity index (χ3v) is 2.35. The van der Waals surface area contributed by atoms with Crippen molar-refractivity contribution in [3.8, 4) is 11.1 Å². The molecule has 2 rings (SSSR count). The summed E-state index contributed by atoms with van der Waals surface area (Å²) in [5, 5.41) is 0.616. The Bertz CT molecular complexity index is 528. The lowest BCUT2D eigenvalue weighted by molar-refractivity contribution is 1.24. The van der Waals surface area contributed by atoms with Crippen molar-refractivity contribution >= 4 is 17.3 Å². The van der Waals surface area contributed by atoms with Crippen molar-refractivity contribution < 1.29 is 0 Å². The number of hydrogen-bond acceptors (Lipinski definition) is 2. The van der Waals surface area contributed by atoms with Gasteiger partial charge >= 0.3 is 0 Å². The van der Waals surface area contributed by atoms with Crippen LogP contribution in [0.4, 0.5) is 5.69 Å². The molecule has 4 heteroatoms. The van der Waals surface area contributed by atoms with Gasteiger partial charge in [0.05, 0.1) is 0 Å². The van der Waals surface area contributed by atoms with Crippen LogP contribution in [0.1, 0.15) is 0 Å². The summed E-state index contributed by atoms with van der Waals surface area (Å²) in [4.78, 5) is 13.5. The van der Waals surface area contributed by atoms with Gasteiger partial charge in [0.1, 0.15) is 0 Å². The molecular weight excluding hydrogens is 212 g/mol. The second-order valence-electron chi connectivity index (χ2n) is 3.17. The normalized spacial score (nSPS) is 10.2. The summed E-state index contributed by atoms with van der Waals surface area (Å²) in [5.74, 6) is 0. The van der Waals surface area contributed by atoms with E-state index in [0.29, 0.717) is 10.7 Å². The monoisotopic (exact) mass is 220 g/mol.